The molecular weight excluding hydrogens is 344 g/mol. The molecule has 0 saturated carbocycles. The van der Waals surface area contributed by atoms with Crippen LogP contribution in [0.5, 0.6) is 0 Å². The second-order valence-electron chi connectivity index (χ2n) is 5.55. The lowest BCUT2D eigenvalue weighted by Gasteiger charge is -2.27. The van der Waals surface area contributed by atoms with Gasteiger partial charge in [0.25, 0.3) is 0 Å². The third kappa shape index (κ3) is 10.4. The van der Waals surface area contributed by atoms with Crippen molar-refractivity contribution in [2.45, 2.75) is 38.6 Å². The molecule has 26 heavy (non-hydrogen) atoms. The number of methoxy groups -OCH3 is 1. The van der Waals surface area contributed by atoms with E-state index in [2.05, 4.69) is 11.3 Å². The number of carbonyl (C=O) groups excluding carboxylic acids is 4. The molecule has 0 spiro atoms. The molecule has 0 radical (unpaired) electrons. The Labute approximate surface area is 153 Å². The number of rotatable bonds is 9. The highest BCUT2D eigenvalue weighted by atomic mass is 16.6. The Morgan fingerprint density at radius 3 is 2.27 bits per heavy atom. The number of ether oxygens (including phenoxy) is 3. The summed E-state index contributed by atoms with van der Waals surface area (Å²) in [5.74, 6) is -1.74. The van der Waals surface area contributed by atoms with Gasteiger partial charge in [0, 0.05) is 19.6 Å². The van der Waals surface area contributed by atoms with Crippen molar-refractivity contribution >= 4 is 23.8 Å². The minimum atomic E-state index is -1.13. The quantitative estimate of drug-likeness (QED) is 0.469. The number of carbonyl (C=O) groups is 4. The zero-order valence-corrected chi connectivity index (χ0v) is 15.4. The summed E-state index contributed by atoms with van der Waals surface area (Å²) in [6.07, 6.45) is 3.03. The van der Waals surface area contributed by atoms with E-state index < -0.39 is 30.6 Å². The molecule has 2 amide bonds. The molecule has 0 bridgehead atoms. The molecule has 2 N–H and O–H groups in total. The van der Waals surface area contributed by atoms with Crippen LogP contribution in [0.25, 0.3) is 0 Å². The minimum absolute atomic E-state index is 0.00481. The van der Waals surface area contributed by atoms with Crippen LogP contribution in [0.1, 0.15) is 32.6 Å². The van der Waals surface area contributed by atoms with Crippen LogP contribution < -0.4 is 5.73 Å². The minimum Gasteiger partial charge on any atom is -0.468 e. The van der Waals surface area contributed by atoms with Crippen molar-refractivity contribution in [2.24, 2.45) is 5.73 Å². The molecule has 1 fully saturated rings. The Balaban J connectivity index is 0.00000106. The molecule has 1 heterocycles. The Morgan fingerprint density at radius 1 is 1.27 bits per heavy atom. The van der Waals surface area contributed by atoms with Crippen molar-refractivity contribution < 1.29 is 33.4 Å². The summed E-state index contributed by atoms with van der Waals surface area (Å²) >= 11 is 0. The molecule has 1 saturated heterocycles. The predicted octanol–water partition coefficient (Wildman–Crippen LogP) is 0.804. The van der Waals surface area contributed by atoms with E-state index in [0.29, 0.717) is 0 Å². The molecule has 1 rings (SSSR count). The van der Waals surface area contributed by atoms with E-state index in [9.17, 15) is 19.2 Å². The Bertz CT molecular complexity index is 482. The fourth-order valence-corrected chi connectivity index (χ4v) is 2.02. The highest BCUT2D eigenvalue weighted by Gasteiger charge is 2.31. The number of hydrogen-bond donors (Lipinski definition) is 1. The number of Topliss-reactive ketones (excluding diaryl/α,β-unsaturated/α-hetero) is 1. The number of hydrogen-bond acceptors (Lipinski definition) is 7. The average molecular weight is 372 g/mol. The second kappa shape index (κ2) is 13.8. The molecule has 0 aromatic heterocycles. The first-order chi connectivity index (χ1) is 12.3. The van der Waals surface area contributed by atoms with Gasteiger partial charge in [-0.25, -0.2) is 4.79 Å². The van der Waals surface area contributed by atoms with Gasteiger partial charge in [0.05, 0.1) is 7.11 Å². The summed E-state index contributed by atoms with van der Waals surface area (Å²) in [4.78, 5) is 46.6. The molecule has 9 heteroatoms. The Hall–Kier alpha value is -2.42. The predicted molar refractivity (Wildman–Crippen MR) is 93.2 cm³/mol. The van der Waals surface area contributed by atoms with Crippen molar-refractivity contribution in [1.82, 2.24) is 4.90 Å². The van der Waals surface area contributed by atoms with E-state index in [1.165, 1.54) is 25.8 Å². The Kier molecular flexibility index (Phi) is 12.5. The fourth-order valence-electron chi connectivity index (χ4n) is 2.02. The maximum atomic E-state index is 11.9. The third-order valence-electron chi connectivity index (χ3n) is 3.39. The molecule has 148 valence electrons. The maximum absolute atomic E-state index is 11.9. The van der Waals surface area contributed by atoms with E-state index in [-0.39, 0.29) is 25.2 Å². The molecule has 0 aromatic rings. The number of esters is 1. The first-order valence-corrected chi connectivity index (χ1v) is 8.31. The summed E-state index contributed by atoms with van der Waals surface area (Å²) in [6.45, 7) is 6.14. The summed E-state index contributed by atoms with van der Waals surface area (Å²) < 4.78 is 14.2. The van der Waals surface area contributed by atoms with Crippen molar-refractivity contribution in [1.29, 1.82) is 0 Å². The van der Waals surface area contributed by atoms with E-state index in [4.69, 9.17) is 15.2 Å². The molecule has 0 unspecified atom stereocenters. The van der Waals surface area contributed by atoms with Crippen molar-refractivity contribution in [3.05, 3.63) is 12.7 Å². The molecule has 1 aliphatic heterocycles. The number of nitrogens with two attached hydrogens (primary N) is 1. The van der Waals surface area contributed by atoms with Gasteiger partial charge in [0.1, 0.15) is 25.0 Å². The molecule has 1 aliphatic rings. The standard InChI is InChI=1S/C13H20N2O6.C4H8O/c1-4-7-21-13(19)15(8-11(17)20-3)10(12(14)18)6-5-9(2)16;1-2-4-5-3-1/h4,10H,1,5-8H2,2-3H3,(H2,14,18);1-4H2/t10-;/m0./s1. The molecule has 0 aliphatic carbocycles. The topological polar surface area (TPSA) is 125 Å². The van der Waals surface area contributed by atoms with Gasteiger partial charge in [0.2, 0.25) is 5.91 Å². The van der Waals surface area contributed by atoms with Crippen LogP contribution in [0.4, 0.5) is 4.79 Å². The van der Waals surface area contributed by atoms with Crippen LogP contribution in [-0.4, -0.2) is 68.2 Å². The van der Waals surface area contributed by atoms with E-state index in [0.717, 1.165) is 25.2 Å². The summed E-state index contributed by atoms with van der Waals surface area (Å²) in [7, 11) is 1.14. The number of nitrogens with zero attached hydrogens (tertiary/aromatic N) is 1. The van der Waals surface area contributed by atoms with E-state index in [1.807, 2.05) is 0 Å². The SMILES string of the molecule is C1CCOC1.C=CCOC(=O)N(CC(=O)OC)[C@@H](CCC(C)=O)C(N)=O. The number of amides is 2. The van der Waals surface area contributed by atoms with Crippen LogP contribution in [0, 0.1) is 0 Å². The van der Waals surface area contributed by atoms with E-state index >= 15 is 0 Å². The summed E-state index contributed by atoms with van der Waals surface area (Å²) in [5.41, 5.74) is 5.24. The molecule has 9 nitrogen and oxygen atoms in total. The monoisotopic (exact) mass is 372 g/mol. The lowest BCUT2D eigenvalue weighted by Crippen LogP contribution is -2.50. The van der Waals surface area contributed by atoms with Crippen LogP contribution in [-0.2, 0) is 28.6 Å². The highest BCUT2D eigenvalue weighted by Crippen LogP contribution is 2.10. The third-order valence-corrected chi connectivity index (χ3v) is 3.39. The molecular formula is C17H28N2O7. The Morgan fingerprint density at radius 2 is 1.88 bits per heavy atom. The fraction of sp³-hybridized carbons (Fsp3) is 0.647. The zero-order chi connectivity index (χ0) is 19.9. The van der Waals surface area contributed by atoms with Gasteiger partial charge in [-0.15, -0.1) is 0 Å². The smallest absolute Gasteiger partial charge is 0.411 e. The van der Waals surface area contributed by atoms with Gasteiger partial charge >= 0.3 is 12.1 Å². The normalized spacial score (nSPS) is 13.6. The largest absolute Gasteiger partial charge is 0.468 e. The second-order valence-corrected chi connectivity index (χ2v) is 5.55. The van der Waals surface area contributed by atoms with Gasteiger partial charge in [-0.1, -0.05) is 12.7 Å². The number of ketones is 1. The van der Waals surface area contributed by atoms with Crippen molar-refractivity contribution in [2.75, 3.05) is 33.5 Å². The van der Waals surface area contributed by atoms with Crippen molar-refractivity contribution in [3.63, 3.8) is 0 Å². The summed E-state index contributed by atoms with van der Waals surface area (Å²) in [5, 5.41) is 0. The first-order valence-electron chi connectivity index (χ1n) is 8.31. The molecule has 1 atom stereocenters. The van der Waals surface area contributed by atoms with Gasteiger partial charge < -0.3 is 24.7 Å². The van der Waals surface area contributed by atoms with E-state index in [1.54, 1.807) is 0 Å². The average Bonchev–Trinajstić information content (AvgIpc) is 3.17. The number of primary amides is 1. The van der Waals surface area contributed by atoms with Crippen LogP contribution in [0.2, 0.25) is 0 Å². The van der Waals surface area contributed by atoms with Gasteiger partial charge in [-0.3, -0.25) is 14.5 Å². The highest BCUT2D eigenvalue weighted by molar-refractivity contribution is 5.87. The molecule has 0 aromatic carbocycles. The first kappa shape index (κ1) is 23.6. The zero-order valence-electron chi connectivity index (χ0n) is 15.4. The van der Waals surface area contributed by atoms with Crippen LogP contribution in [0.3, 0.4) is 0 Å². The van der Waals surface area contributed by atoms with Gasteiger partial charge in [0.15, 0.2) is 0 Å². The van der Waals surface area contributed by atoms with Gasteiger partial charge in [-0.2, -0.15) is 0 Å². The lowest BCUT2D eigenvalue weighted by atomic mass is 10.1. The van der Waals surface area contributed by atoms with Crippen LogP contribution >= 0.6 is 0 Å². The van der Waals surface area contributed by atoms with Crippen LogP contribution in [0.15, 0.2) is 12.7 Å². The maximum Gasteiger partial charge on any atom is 0.411 e. The van der Waals surface area contributed by atoms with Crippen molar-refractivity contribution in [3.8, 4) is 0 Å². The summed E-state index contributed by atoms with van der Waals surface area (Å²) in [6, 6.07) is -1.13. The lowest BCUT2D eigenvalue weighted by molar-refractivity contribution is -0.142. The van der Waals surface area contributed by atoms with Gasteiger partial charge in [-0.05, 0) is 26.2 Å².